The summed E-state index contributed by atoms with van der Waals surface area (Å²) in [6.07, 6.45) is 5.69. The summed E-state index contributed by atoms with van der Waals surface area (Å²) in [6, 6.07) is 1.19. The number of rotatable bonds is 2. The van der Waals surface area contributed by atoms with Gasteiger partial charge >= 0.3 is 5.69 Å². The van der Waals surface area contributed by atoms with Gasteiger partial charge in [-0.2, -0.15) is 0 Å². The molecule has 1 aromatic heterocycles. The minimum Gasteiger partial charge on any atom is -0.390 e. The van der Waals surface area contributed by atoms with E-state index in [9.17, 15) is 14.7 Å². The predicted molar refractivity (Wildman–Crippen MR) is 71.4 cm³/mol. The van der Waals surface area contributed by atoms with Gasteiger partial charge in [0.25, 0.3) is 5.56 Å². The molecular weight excluding hydrogens is 284 g/mol. The van der Waals surface area contributed by atoms with Crippen molar-refractivity contribution in [1.82, 2.24) is 9.55 Å². The number of nitrogens with one attached hydrogen (secondary N) is 1. The van der Waals surface area contributed by atoms with Gasteiger partial charge in [0.15, 0.2) is 11.1 Å². The zero-order chi connectivity index (χ0) is 14.7. The van der Waals surface area contributed by atoms with Crippen LogP contribution in [0.15, 0.2) is 21.9 Å². The van der Waals surface area contributed by atoms with Crippen LogP contribution in [0.1, 0.15) is 19.6 Å². The Morgan fingerprint density at radius 3 is 2.95 bits per heavy atom. The summed E-state index contributed by atoms with van der Waals surface area (Å²) in [5.41, 5.74) is -1.97. The Hall–Kier alpha value is -1.55. The summed E-state index contributed by atoms with van der Waals surface area (Å²) < 4.78 is 6.97. The number of terminal acetylenes is 1. The molecule has 106 valence electrons. The van der Waals surface area contributed by atoms with Crippen LogP contribution in [0.4, 0.5) is 0 Å². The zero-order valence-corrected chi connectivity index (χ0v) is 11.4. The molecule has 0 radical (unpaired) electrons. The quantitative estimate of drug-likeness (QED) is 0.585. The molecule has 1 aliphatic heterocycles. The largest absolute Gasteiger partial charge is 0.390 e. The van der Waals surface area contributed by atoms with Gasteiger partial charge in [0.2, 0.25) is 0 Å². The Kier molecular flexibility index (Phi) is 2.67. The lowest BCUT2D eigenvalue weighted by Crippen LogP contribution is -2.40. The number of alkyl halides is 1. The highest BCUT2D eigenvalue weighted by atomic mass is 35.5. The number of hydrogen-bond acceptors (Lipinski definition) is 4. The second-order valence-electron chi connectivity index (χ2n) is 5.29. The van der Waals surface area contributed by atoms with Gasteiger partial charge in [0.05, 0.1) is 6.10 Å². The van der Waals surface area contributed by atoms with E-state index >= 15 is 0 Å². The van der Waals surface area contributed by atoms with E-state index < -0.39 is 34.1 Å². The van der Waals surface area contributed by atoms with Gasteiger partial charge in [-0.05, 0) is 13.3 Å². The van der Waals surface area contributed by atoms with E-state index in [-0.39, 0.29) is 5.92 Å². The van der Waals surface area contributed by atoms with Crippen LogP contribution in [0.3, 0.4) is 0 Å². The Labute approximate surface area is 119 Å². The number of nitrogens with zero attached hydrogens (tertiary/aromatic N) is 1. The van der Waals surface area contributed by atoms with E-state index in [0.717, 1.165) is 4.57 Å². The number of halogens is 1. The van der Waals surface area contributed by atoms with Gasteiger partial charge in [-0.3, -0.25) is 14.3 Å². The molecule has 1 aromatic rings. The van der Waals surface area contributed by atoms with Crippen LogP contribution in [0, 0.1) is 18.3 Å². The highest BCUT2D eigenvalue weighted by Gasteiger charge is 2.76. The van der Waals surface area contributed by atoms with Crippen LogP contribution in [-0.2, 0) is 4.74 Å². The SMILES string of the molecule is C#CC1(Cl)C2CC2([C@H](C)O)O[C@H]1n1ccc(=O)[nH]c1=O. The molecule has 0 aromatic carbocycles. The smallest absolute Gasteiger partial charge is 0.330 e. The molecule has 2 fully saturated rings. The van der Waals surface area contributed by atoms with Crippen molar-refractivity contribution in [3.63, 3.8) is 0 Å². The molecule has 0 spiro atoms. The highest BCUT2D eigenvalue weighted by molar-refractivity contribution is 6.27. The average Bonchev–Trinajstić information content (AvgIpc) is 3.07. The molecule has 0 amide bonds. The molecule has 2 aliphatic rings. The average molecular weight is 297 g/mol. The number of fused-ring (bicyclic) bond motifs is 1. The molecule has 20 heavy (non-hydrogen) atoms. The first-order valence-electron chi connectivity index (χ1n) is 6.19. The van der Waals surface area contributed by atoms with Crippen LogP contribution in [0.2, 0.25) is 0 Å². The zero-order valence-electron chi connectivity index (χ0n) is 10.7. The van der Waals surface area contributed by atoms with Crippen LogP contribution in [0.25, 0.3) is 0 Å². The van der Waals surface area contributed by atoms with Crippen molar-refractivity contribution in [1.29, 1.82) is 0 Å². The van der Waals surface area contributed by atoms with Gasteiger partial charge < -0.3 is 9.84 Å². The molecule has 2 N–H and O–H groups in total. The van der Waals surface area contributed by atoms with Crippen LogP contribution >= 0.6 is 11.6 Å². The minimum atomic E-state index is -1.22. The van der Waals surface area contributed by atoms with Crippen molar-refractivity contribution < 1.29 is 9.84 Å². The van der Waals surface area contributed by atoms with Gasteiger partial charge in [0.1, 0.15) is 5.60 Å². The molecule has 1 saturated carbocycles. The first-order chi connectivity index (χ1) is 9.35. The molecule has 0 bridgehead atoms. The van der Waals surface area contributed by atoms with Crippen molar-refractivity contribution >= 4 is 11.6 Å². The van der Waals surface area contributed by atoms with Crippen molar-refractivity contribution in [2.75, 3.05) is 0 Å². The normalized spacial score (nSPS) is 39.9. The molecule has 2 heterocycles. The van der Waals surface area contributed by atoms with Crippen molar-refractivity contribution in [2.45, 2.75) is 36.2 Å². The van der Waals surface area contributed by atoms with Gasteiger partial charge in [-0.25, -0.2) is 4.79 Å². The summed E-state index contributed by atoms with van der Waals surface area (Å²) in [5.74, 6) is 2.25. The van der Waals surface area contributed by atoms with E-state index in [1.165, 1.54) is 12.3 Å². The maximum absolute atomic E-state index is 11.9. The summed E-state index contributed by atoms with van der Waals surface area (Å²) in [4.78, 5) is 23.9. The first kappa shape index (κ1) is 13.4. The van der Waals surface area contributed by atoms with E-state index in [1.807, 2.05) is 0 Å². The monoisotopic (exact) mass is 296 g/mol. The lowest BCUT2D eigenvalue weighted by atomic mass is 10.0. The van der Waals surface area contributed by atoms with E-state index in [4.69, 9.17) is 22.8 Å². The maximum atomic E-state index is 11.9. The molecule has 7 heteroatoms. The van der Waals surface area contributed by atoms with E-state index in [1.54, 1.807) is 6.92 Å². The topological polar surface area (TPSA) is 84.3 Å². The number of hydrogen-bond donors (Lipinski definition) is 2. The summed E-state index contributed by atoms with van der Waals surface area (Å²) in [6.45, 7) is 1.60. The van der Waals surface area contributed by atoms with E-state index in [2.05, 4.69) is 10.9 Å². The van der Waals surface area contributed by atoms with Gasteiger partial charge in [0, 0.05) is 18.2 Å². The number of aliphatic hydroxyl groups excluding tert-OH is 1. The number of ether oxygens (including phenoxy) is 1. The minimum absolute atomic E-state index is 0.231. The summed E-state index contributed by atoms with van der Waals surface area (Å²) in [7, 11) is 0. The third-order valence-electron chi connectivity index (χ3n) is 4.18. The van der Waals surface area contributed by atoms with E-state index in [0.29, 0.717) is 6.42 Å². The molecule has 3 unspecified atom stereocenters. The standard InChI is InChI=1S/C13H13ClN2O4/c1-3-12(14)8-6-13(8,7(2)17)20-10(12)16-5-4-9(18)15-11(16)19/h1,4-5,7-8,10,17H,6H2,2H3,(H,15,18,19)/t7-,8?,10+,12?,13?/m0/s1. The second kappa shape index (κ2) is 3.98. The fourth-order valence-electron chi connectivity index (χ4n) is 2.96. The van der Waals surface area contributed by atoms with Crippen molar-refractivity contribution in [3.8, 4) is 12.3 Å². The van der Waals surface area contributed by atoms with Crippen LogP contribution in [0.5, 0.6) is 0 Å². The number of H-pyrrole nitrogens is 1. The third-order valence-corrected chi connectivity index (χ3v) is 4.74. The predicted octanol–water partition coefficient (Wildman–Crippen LogP) is -0.184. The summed E-state index contributed by atoms with van der Waals surface area (Å²) >= 11 is 6.47. The van der Waals surface area contributed by atoms with Crippen LogP contribution in [-0.4, -0.2) is 31.2 Å². The fraction of sp³-hybridized carbons (Fsp3) is 0.538. The van der Waals surface area contributed by atoms with Gasteiger partial charge in [-0.15, -0.1) is 6.42 Å². The molecule has 6 nitrogen and oxygen atoms in total. The van der Waals surface area contributed by atoms with Gasteiger partial charge in [-0.1, -0.05) is 17.5 Å². The lowest BCUT2D eigenvalue weighted by Gasteiger charge is -2.27. The molecule has 1 saturated heterocycles. The fourth-order valence-corrected chi connectivity index (χ4v) is 3.37. The second-order valence-corrected chi connectivity index (χ2v) is 5.91. The van der Waals surface area contributed by atoms with Crippen molar-refractivity contribution in [2.24, 2.45) is 5.92 Å². The van der Waals surface area contributed by atoms with Crippen molar-refractivity contribution in [3.05, 3.63) is 33.1 Å². The third kappa shape index (κ3) is 1.54. The maximum Gasteiger partial charge on any atom is 0.330 e. The molecule has 3 rings (SSSR count). The highest BCUT2D eigenvalue weighted by Crippen LogP contribution is 2.67. The molecule has 1 aliphatic carbocycles. The number of aromatic nitrogens is 2. The Morgan fingerprint density at radius 1 is 1.70 bits per heavy atom. The Balaban J connectivity index is 2.09. The molecular formula is C13H13ClN2O4. The molecule has 5 atom stereocenters. The Bertz CT molecular complexity index is 718. The number of aromatic amines is 1. The number of aliphatic hydroxyl groups is 1. The van der Waals surface area contributed by atoms with Crippen LogP contribution < -0.4 is 11.2 Å². The summed E-state index contributed by atoms with van der Waals surface area (Å²) in [5, 5.41) is 9.86. The first-order valence-corrected chi connectivity index (χ1v) is 6.57. The lowest BCUT2D eigenvalue weighted by molar-refractivity contribution is -0.0939. The Morgan fingerprint density at radius 2 is 2.40 bits per heavy atom.